The molecular formula is C15H19IO2S. The van der Waals surface area contributed by atoms with Gasteiger partial charge in [0.2, 0.25) is 0 Å². The lowest BCUT2D eigenvalue weighted by molar-refractivity contribution is 0.237. The van der Waals surface area contributed by atoms with E-state index < -0.39 is 0 Å². The molecule has 1 saturated carbocycles. The van der Waals surface area contributed by atoms with Crippen molar-refractivity contribution >= 4 is 38.6 Å². The second-order valence-electron chi connectivity index (χ2n) is 5.10. The molecular weight excluding hydrogens is 371 g/mol. The van der Waals surface area contributed by atoms with Gasteiger partial charge in [0.05, 0.1) is 34.6 Å². The van der Waals surface area contributed by atoms with E-state index in [1.807, 2.05) is 12.1 Å². The van der Waals surface area contributed by atoms with Crippen molar-refractivity contribution in [3.05, 3.63) is 29.8 Å². The van der Waals surface area contributed by atoms with E-state index in [0.29, 0.717) is 5.92 Å². The summed E-state index contributed by atoms with van der Waals surface area (Å²) < 4.78 is 4.62. The Morgan fingerprint density at radius 1 is 1.26 bits per heavy atom. The number of halogens is 1. The smallest absolute Gasteiger partial charge is 0.378 e. The molecule has 0 bridgehead atoms. The molecule has 1 aromatic rings. The summed E-state index contributed by atoms with van der Waals surface area (Å²) in [6, 6.07) is 8.46. The Bertz CT molecular complexity index is 411. The Balaban J connectivity index is 1.89. The van der Waals surface area contributed by atoms with Crippen molar-refractivity contribution in [3.8, 4) is 0 Å². The van der Waals surface area contributed by atoms with Gasteiger partial charge < -0.3 is 4.18 Å². The van der Waals surface area contributed by atoms with Crippen LogP contribution >= 0.6 is 34.6 Å². The summed E-state index contributed by atoms with van der Waals surface area (Å²) >= 11 is 2.77. The lowest BCUT2D eigenvalue weighted by Gasteiger charge is -2.28. The van der Waals surface area contributed by atoms with Crippen LogP contribution in [0.5, 0.6) is 0 Å². The molecule has 19 heavy (non-hydrogen) atoms. The molecule has 2 nitrogen and oxygen atoms in total. The number of rotatable bonds is 4. The van der Waals surface area contributed by atoms with E-state index >= 15 is 0 Å². The van der Waals surface area contributed by atoms with Crippen molar-refractivity contribution < 1.29 is 8.98 Å². The number of hydrogen-bond acceptors (Lipinski definition) is 3. The molecule has 0 aromatic heterocycles. The maximum absolute atomic E-state index is 10.7. The van der Waals surface area contributed by atoms with Crippen LogP contribution in [0.25, 0.3) is 0 Å². The van der Waals surface area contributed by atoms with Crippen molar-refractivity contribution in [2.24, 2.45) is 5.92 Å². The molecule has 0 spiro atoms. The molecule has 0 amide bonds. The second-order valence-corrected chi connectivity index (χ2v) is 6.78. The predicted octanol–water partition coefficient (Wildman–Crippen LogP) is 5.95. The highest BCUT2D eigenvalue weighted by Gasteiger charge is 2.21. The fourth-order valence-corrected chi connectivity index (χ4v) is 3.46. The van der Waals surface area contributed by atoms with Crippen molar-refractivity contribution in [1.29, 1.82) is 0 Å². The van der Waals surface area contributed by atoms with Crippen LogP contribution in [0.4, 0.5) is 4.79 Å². The van der Waals surface area contributed by atoms with E-state index in [1.165, 1.54) is 37.7 Å². The van der Waals surface area contributed by atoms with E-state index in [2.05, 4.69) is 19.1 Å². The Kier molecular flexibility index (Phi) is 6.01. The van der Waals surface area contributed by atoms with E-state index in [-0.39, 0.29) is 3.98 Å². The van der Waals surface area contributed by atoms with Crippen LogP contribution < -0.4 is 0 Å². The van der Waals surface area contributed by atoms with Gasteiger partial charge >= 0.3 is 3.98 Å². The summed E-state index contributed by atoms with van der Waals surface area (Å²) in [4.78, 5) is 11.7. The minimum atomic E-state index is -0.287. The summed E-state index contributed by atoms with van der Waals surface area (Å²) in [6.45, 7) is 2.30. The van der Waals surface area contributed by atoms with Crippen molar-refractivity contribution in [3.63, 3.8) is 0 Å². The normalized spacial score (nSPS) is 23.1. The van der Waals surface area contributed by atoms with Crippen LogP contribution in [0.1, 0.15) is 50.5 Å². The Morgan fingerprint density at radius 3 is 2.42 bits per heavy atom. The van der Waals surface area contributed by atoms with Crippen LogP contribution in [-0.2, 0) is 4.18 Å². The number of carbonyl (C=O) groups excluding carboxylic acids is 1. The fourth-order valence-electron chi connectivity index (χ4n) is 2.78. The monoisotopic (exact) mass is 390 g/mol. The molecule has 4 heteroatoms. The van der Waals surface area contributed by atoms with Gasteiger partial charge in [-0.05, 0) is 55.2 Å². The van der Waals surface area contributed by atoms with E-state index in [1.54, 1.807) is 22.6 Å². The first-order valence-corrected chi connectivity index (χ1v) is 8.65. The third-order valence-electron chi connectivity index (χ3n) is 3.98. The van der Waals surface area contributed by atoms with Crippen molar-refractivity contribution in [1.82, 2.24) is 0 Å². The first-order valence-electron chi connectivity index (χ1n) is 6.83. The molecule has 0 aliphatic heterocycles. The zero-order chi connectivity index (χ0) is 13.7. The average molecular weight is 390 g/mol. The lowest BCUT2D eigenvalue weighted by Crippen LogP contribution is -2.12. The van der Waals surface area contributed by atoms with Crippen LogP contribution in [0, 0.1) is 5.92 Å². The van der Waals surface area contributed by atoms with Gasteiger partial charge in [-0.1, -0.05) is 25.5 Å². The topological polar surface area (TPSA) is 26.3 Å². The predicted molar refractivity (Wildman–Crippen MR) is 87.8 cm³/mol. The SMILES string of the molecule is CCC1CCC(c2ccc(SOC(=O)I)cc2)CC1. The molecule has 104 valence electrons. The molecule has 2 rings (SSSR count). The van der Waals surface area contributed by atoms with Gasteiger partial charge in [-0.2, -0.15) is 0 Å². The van der Waals surface area contributed by atoms with Gasteiger partial charge in [-0.3, -0.25) is 0 Å². The zero-order valence-corrected chi connectivity index (χ0v) is 14.1. The molecule has 1 aromatic carbocycles. The van der Waals surface area contributed by atoms with Crippen LogP contribution in [0.3, 0.4) is 0 Å². The maximum atomic E-state index is 10.7. The molecule has 0 atom stereocenters. The summed E-state index contributed by atoms with van der Waals surface area (Å²) in [5.74, 6) is 1.66. The lowest BCUT2D eigenvalue weighted by atomic mass is 9.78. The largest absolute Gasteiger partial charge is 0.379 e. The number of benzene rings is 1. The Labute approximate surface area is 133 Å². The second kappa shape index (κ2) is 7.53. The Hall–Kier alpha value is -0.230. The summed E-state index contributed by atoms with van der Waals surface area (Å²) in [6.07, 6.45) is 6.68. The maximum Gasteiger partial charge on any atom is 0.379 e. The molecule has 0 heterocycles. The van der Waals surface area contributed by atoms with Gasteiger partial charge in [0, 0.05) is 4.90 Å². The van der Waals surface area contributed by atoms with Gasteiger partial charge in [0.25, 0.3) is 0 Å². The quantitative estimate of drug-likeness (QED) is 0.361. The van der Waals surface area contributed by atoms with Gasteiger partial charge in [0.1, 0.15) is 0 Å². The minimum absolute atomic E-state index is 0.287. The first kappa shape index (κ1) is 15.2. The zero-order valence-electron chi connectivity index (χ0n) is 11.1. The van der Waals surface area contributed by atoms with Crippen molar-refractivity contribution in [2.75, 3.05) is 0 Å². The molecule has 0 unspecified atom stereocenters. The summed E-state index contributed by atoms with van der Waals surface area (Å²) in [7, 11) is 0. The van der Waals surface area contributed by atoms with Crippen LogP contribution in [0.2, 0.25) is 0 Å². The van der Waals surface area contributed by atoms with Crippen LogP contribution in [-0.4, -0.2) is 3.98 Å². The van der Waals surface area contributed by atoms with E-state index in [4.69, 9.17) is 4.18 Å². The van der Waals surface area contributed by atoms with Crippen LogP contribution in [0.15, 0.2) is 29.2 Å². The summed E-state index contributed by atoms with van der Waals surface area (Å²) in [5, 5.41) is 0. The van der Waals surface area contributed by atoms with Gasteiger partial charge in [0.15, 0.2) is 0 Å². The van der Waals surface area contributed by atoms with E-state index in [9.17, 15) is 4.79 Å². The molecule has 1 aliphatic carbocycles. The third-order valence-corrected chi connectivity index (χ3v) is 5.20. The highest BCUT2D eigenvalue weighted by molar-refractivity contribution is 14.1. The average Bonchev–Trinajstić information content (AvgIpc) is 2.46. The molecule has 0 N–H and O–H groups in total. The third kappa shape index (κ3) is 4.67. The molecule has 0 saturated heterocycles. The Morgan fingerprint density at radius 2 is 1.89 bits per heavy atom. The highest BCUT2D eigenvalue weighted by atomic mass is 127. The minimum Gasteiger partial charge on any atom is -0.378 e. The van der Waals surface area contributed by atoms with Crippen molar-refractivity contribution in [2.45, 2.75) is 49.8 Å². The standard InChI is InChI=1S/C15H19IO2S/c1-2-11-3-5-12(6-4-11)13-7-9-14(10-8-13)19-18-15(16)17/h7-12H,2-6H2,1H3. The molecule has 1 fully saturated rings. The number of hydrogen-bond donors (Lipinski definition) is 0. The van der Waals surface area contributed by atoms with Gasteiger partial charge in [-0.15, -0.1) is 0 Å². The molecule has 1 aliphatic rings. The first-order chi connectivity index (χ1) is 9.19. The fraction of sp³-hybridized carbons (Fsp3) is 0.533. The van der Waals surface area contributed by atoms with Gasteiger partial charge in [-0.25, -0.2) is 4.79 Å². The van der Waals surface area contributed by atoms with E-state index in [0.717, 1.165) is 22.9 Å². The summed E-state index contributed by atoms with van der Waals surface area (Å²) in [5.41, 5.74) is 1.43. The highest BCUT2D eigenvalue weighted by Crippen LogP contribution is 2.37. The number of carbonyl (C=O) groups is 1. The molecule has 0 radical (unpaired) electrons.